The molecule has 1 aliphatic rings. The molecule has 0 amide bonds. The molecule has 106 valence electrons. The molecule has 2 heterocycles. The van der Waals surface area contributed by atoms with E-state index >= 15 is 0 Å². The van der Waals surface area contributed by atoms with Gasteiger partial charge in [0.05, 0.1) is 29.5 Å². The van der Waals surface area contributed by atoms with Crippen LogP contribution in [0.15, 0.2) is 29.1 Å². The number of aromatic nitrogens is 2. The summed E-state index contributed by atoms with van der Waals surface area (Å²) in [5, 5.41) is 0.595. The standard InChI is InChI=1S/C15H18N2O3/c1-14(2)19-8-15(3,9-20-14)13-16-11-7-5-4-6-10(11)12(18)17-13/h4-7H,8-9H2,1-3H3,(H,16,17,18). The second kappa shape index (κ2) is 4.40. The van der Waals surface area contributed by atoms with Crippen molar-refractivity contribution < 1.29 is 9.47 Å². The number of benzene rings is 1. The smallest absolute Gasteiger partial charge is 0.258 e. The Morgan fingerprint density at radius 2 is 1.80 bits per heavy atom. The quantitative estimate of drug-likeness (QED) is 0.863. The lowest BCUT2D eigenvalue weighted by Gasteiger charge is -2.40. The lowest BCUT2D eigenvalue weighted by atomic mass is 9.90. The number of aromatic amines is 1. The van der Waals surface area contributed by atoms with E-state index in [1.807, 2.05) is 39.0 Å². The molecule has 1 aromatic carbocycles. The molecule has 20 heavy (non-hydrogen) atoms. The monoisotopic (exact) mass is 274 g/mol. The first kappa shape index (κ1) is 13.3. The first-order valence-electron chi connectivity index (χ1n) is 6.67. The van der Waals surface area contributed by atoms with Gasteiger partial charge in [-0.25, -0.2) is 4.98 Å². The zero-order valence-electron chi connectivity index (χ0n) is 11.9. The van der Waals surface area contributed by atoms with Gasteiger partial charge in [0.15, 0.2) is 5.79 Å². The Hall–Kier alpha value is -1.72. The molecule has 1 aromatic heterocycles. The molecule has 5 nitrogen and oxygen atoms in total. The Bertz CT molecular complexity index is 696. The Labute approximate surface area is 116 Å². The summed E-state index contributed by atoms with van der Waals surface area (Å²) in [5.41, 5.74) is 0.118. The van der Waals surface area contributed by atoms with E-state index in [1.54, 1.807) is 6.07 Å². The fourth-order valence-electron chi connectivity index (χ4n) is 2.26. The summed E-state index contributed by atoms with van der Waals surface area (Å²) in [6.07, 6.45) is 0. The van der Waals surface area contributed by atoms with Crippen molar-refractivity contribution in [2.75, 3.05) is 13.2 Å². The largest absolute Gasteiger partial charge is 0.349 e. The first-order valence-corrected chi connectivity index (χ1v) is 6.67. The molecule has 3 rings (SSSR count). The average Bonchev–Trinajstić information content (AvgIpc) is 2.42. The van der Waals surface area contributed by atoms with Crippen molar-refractivity contribution in [3.63, 3.8) is 0 Å². The number of ether oxygens (including phenoxy) is 2. The Morgan fingerprint density at radius 1 is 1.15 bits per heavy atom. The third kappa shape index (κ3) is 2.23. The molecule has 0 saturated carbocycles. The molecule has 1 aliphatic heterocycles. The van der Waals surface area contributed by atoms with E-state index in [9.17, 15) is 4.79 Å². The number of nitrogens with zero attached hydrogens (tertiary/aromatic N) is 1. The highest BCUT2D eigenvalue weighted by Gasteiger charge is 2.39. The summed E-state index contributed by atoms with van der Waals surface area (Å²) in [5.74, 6) is 0.0214. The molecule has 0 atom stereocenters. The van der Waals surface area contributed by atoms with Crippen LogP contribution in [0.3, 0.4) is 0 Å². The van der Waals surface area contributed by atoms with Gasteiger partial charge in [-0.2, -0.15) is 0 Å². The van der Waals surface area contributed by atoms with E-state index in [2.05, 4.69) is 9.97 Å². The van der Waals surface area contributed by atoms with Gasteiger partial charge >= 0.3 is 0 Å². The van der Waals surface area contributed by atoms with E-state index in [4.69, 9.17) is 9.47 Å². The molecule has 1 N–H and O–H groups in total. The number of nitrogens with one attached hydrogen (secondary N) is 1. The lowest BCUT2D eigenvalue weighted by molar-refractivity contribution is -0.268. The molecule has 1 saturated heterocycles. The normalized spacial score (nSPS) is 20.9. The van der Waals surface area contributed by atoms with Crippen molar-refractivity contribution in [2.45, 2.75) is 32.0 Å². The average molecular weight is 274 g/mol. The summed E-state index contributed by atoms with van der Waals surface area (Å²) < 4.78 is 11.4. The van der Waals surface area contributed by atoms with Crippen LogP contribution in [0.25, 0.3) is 10.9 Å². The zero-order chi connectivity index (χ0) is 14.4. The van der Waals surface area contributed by atoms with Crippen LogP contribution in [0.4, 0.5) is 0 Å². The van der Waals surface area contributed by atoms with Crippen molar-refractivity contribution in [3.05, 3.63) is 40.4 Å². The number of fused-ring (bicyclic) bond motifs is 1. The highest BCUT2D eigenvalue weighted by atomic mass is 16.7. The van der Waals surface area contributed by atoms with Crippen LogP contribution in [-0.2, 0) is 14.9 Å². The number of H-pyrrole nitrogens is 1. The topological polar surface area (TPSA) is 64.2 Å². The molecule has 5 heteroatoms. The fourth-order valence-corrected chi connectivity index (χ4v) is 2.26. The van der Waals surface area contributed by atoms with Crippen molar-refractivity contribution in [1.82, 2.24) is 9.97 Å². The highest BCUT2D eigenvalue weighted by molar-refractivity contribution is 5.77. The number of hydrogen-bond donors (Lipinski definition) is 1. The third-order valence-electron chi connectivity index (χ3n) is 3.66. The van der Waals surface area contributed by atoms with Gasteiger partial charge in [0.25, 0.3) is 5.56 Å². The van der Waals surface area contributed by atoms with Crippen LogP contribution < -0.4 is 5.56 Å². The second-order valence-corrected chi connectivity index (χ2v) is 5.97. The Morgan fingerprint density at radius 3 is 2.50 bits per heavy atom. The number of para-hydroxylation sites is 1. The van der Waals surface area contributed by atoms with E-state index in [-0.39, 0.29) is 5.56 Å². The van der Waals surface area contributed by atoms with Gasteiger partial charge in [0.1, 0.15) is 5.82 Å². The minimum Gasteiger partial charge on any atom is -0.349 e. The van der Waals surface area contributed by atoms with Crippen LogP contribution >= 0.6 is 0 Å². The van der Waals surface area contributed by atoms with Crippen molar-refractivity contribution in [1.29, 1.82) is 0 Å². The van der Waals surface area contributed by atoms with Gasteiger partial charge in [-0.3, -0.25) is 4.79 Å². The van der Waals surface area contributed by atoms with Crippen LogP contribution in [0.5, 0.6) is 0 Å². The Balaban J connectivity index is 2.04. The Kier molecular flexibility index (Phi) is 2.92. The van der Waals surface area contributed by atoms with Gasteiger partial charge < -0.3 is 14.5 Å². The number of hydrogen-bond acceptors (Lipinski definition) is 4. The summed E-state index contributed by atoms with van der Waals surface area (Å²) in [4.78, 5) is 19.6. The molecule has 0 radical (unpaired) electrons. The summed E-state index contributed by atoms with van der Waals surface area (Å²) in [6, 6.07) is 7.31. The van der Waals surface area contributed by atoms with Gasteiger partial charge in [0.2, 0.25) is 0 Å². The zero-order valence-corrected chi connectivity index (χ0v) is 11.9. The third-order valence-corrected chi connectivity index (χ3v) is 3.66. The molecule has 0 spiro atoms. The second-order valence-electron chi connectivity index (χ2n) is 5.97. The van der Waals surface area contributed by atoms with Crippen LogP contribution in [0.2, 0.25) is 0 Å². The molecule has 1 fully saturated rings. The summed E-state index contributed by atoms with van der Waals surface area (Å²) >= 11 is 0. The van der Waals surface area contributed by atoms with Crippen LogP contribution in [0.1, 0.15) is 26.6 Å². The van der Waals surface area contributed by atoms with Crippen molar-refractivity contribution >= 4 is 10.9 Å². The van der Waals surface area contributed by atoms with Crippen molar-refractivity contribution in [3.8, 4) is 0 Å². The fraction of sp³-hybridized carbons (Fsp3) is 0.467. The van der Waals surface area contributed by atoms with Crippen molar-refractivity contribution in [2.24, 2.45) is 0 Å². The predicted octanol–water partition coefficient (Wildman–Crippen LogP) is 1.96. The summed E-state index contributed by atoms with van der Waals surface area (Å²) in [7, 11) is 0. The van der Waals surface area contributed by atoms with E-state index in [1.165, 1.54) is 0 Å². The molecule has 2 aromatic rings. The lowest BCUT2D eigenvalue weighted by Crippen LogP contribution is -2.48. The molecule has 0 unspecified atom stereocenters. The van der Waals surface area contributed by atoms with E-state index < -0.39 is 11.2 Å². The first-order chi connectivity index (χ1) is 9.40. The minimum absolute atomic E-state index is 0.128. The van der Waals surface area contributed by atoms with E-state index in [0.717, 1.165) is 0 Å². The molecule has 0 aliphatic carbocycles. The molecule has 0 bridgehead atoms. The predicted molar refractivity (Wildman–Crippen MR) is 75.7 cm³/mol. The van der Waals surface area contributed by atoms with E-state index in [0.29, 0.717) is 29.9 Å². The number of rotatable bonds is 1. The maximum atomic E-state index is 12.1. The van der Waals surface area contributed by atoms with Crippen LogP contribution in [-0.4, -0.2) is 29.0 Å². The highest BCUT2D eigenvalue weighted by Crippen LogP contribution is 2.31. The maximum Gasteiger partial charge on any atom is 0.258 e. The van der Waals surface area contributed by atoms with Gasteiger partial charge in [-0.1, -0.05) is 12.1 Å². The van der Waals surface area contributed by atoms with Gasteiger partial charge in [0, 0.05) is 0 Å². The van der Waals surface area contributed by atoms with Gasteiger partial charge in [-0.05, 0) is 32.9 Å². The minimum atomic E-state index is -0.587. The summed E-state index contributed by atoms with van der Waals surface area (Å²) in [6.45, 7) is 6.66. The molecular weight excluding hydrogens is 256 g/mol. The maximum absolute atomic E-state index is 12.1. The van der Waals surface area contributed by atoms with Crippen LogP contribution in [0, 0.1) is 0 Å². The molecular formula is C15H18N2O3. The van der Waals surface area contributed by atoms with Gasteiger partial charge in [-0.15, -0.1) is 0 Å². The SMILES string of the molecule is CC1(C)OCC(C)(c2nc3ccccc3c(=O)[nH]2)CO1.